The number of hydrogen-bond acceptors (Lipinski definition) is 2. The van der Waals surface area contributed by atoms with Gasteiger partial charge in [-0.05, 0) is 24.8 Å². The topological polar surface area (TPSA) is 20.2 Å². The van der Waals surface area contributed by atoms with Crippen LogP contribution in [0.25, 0.3) is 0 Å². The predicted octanol–water partition coefficient (Wildman–Crippen LogP) is 2.59. The van der Waals surface area contributed by atoms with E-state index in [1.165, 1.54) is 0 Å². The first-order valence-electron chi connectivity index (χ1n) is 3.95. The Morgan fingerprint density at radius 2 is 2.50 bits per heavy atom. The minimum absolute atomic E-state index is 0.328. The van der Waals surface area contributed by atoms with Crippen LogP contribution in [0.5, 0.6) is 0 Å². The van der Waals surface area contributed by atoms with Crippen LogP contribution in [0.4, 0.5) is 0 Å². The minimum Gasteiger partial charge on any atom is -0.388 e. The van der Waals surface area contributed by atoms with E-state index in [0.717, 1.165) is 17.7 Å². The molecule has 1 aromatic heterocycles. The highest BCUT2D eigenvalue weighted by Crippen LogP contribution is 2.22. The maximum absolute atomic E-state index is 9.58. The summed E-state index contributed by atoms with van der Waals surface area (Å²) in [6, 6.07) is 3.91. The van der Waals surface area contributed by atoms with E-state index in [2.05, 4.69) is 11.8 Å². The SMILES string of the molecule is CC#CCCC(O)c1cccs1. The summed E-state index contributed by atoms with van der Waals surface area (Å²) in [4.78, 5) is 1.04. The predicted molar refractivity (Wildman–Crippen MR) is 52.0 cm³/mol. The van der Waals surface area contributed by atoms with Crippen molar-refractivity contribution in [1.82, 2.24) is 0 Å². The summed E-state index contributed by atoms with van der Waals surface area (Å²) in [7, 11) is 0. The van der Waals surface area contributed by atoms with E-state index in [-0.39, 0.29) is 6.10 Å². The van der Waals surface area contributed by atoms with Gasteiger partial charge in [0.15, 0.2) is 0 Å². The van der Waals surface area contributed by atoms with E-state index in [0.29, 0.717) is 0 Å². The van der Waals surface area contributed by atoms with Crippen molar-refractivity contribution in [2.75, 3.05) is 0 Å². The van der Waals surface area contributed by atoms with Crippen LogP contribution >= 0.6 is 11.3 Å². The molecule has 0 saturated carbocycles. The number of hydrogen-bond donors (Lipinski definition) is 1. The molecular weight excluding hydrogens is 168 g/mol. The Morgan fingerprint density at radius 1 is 1.67 bits per heavy atom. The molecule has 0 aliphatic rings. The molecule has 2 heteroatoms. The van der Waals surface area contributed by atoms with Crippen molar-refractivity contribution in [2.24, 2.45) is 0 Å². The maximum Gasteiger partial charge on any atom is 0.0891 e. The van der Waals surface area contributed by atoms with Crippen molar-refractivity contribution in [3.63, 3.8) is 0 Å². The zero-order valence-electron chi connectivity index (χ0n) is 7.08. The Kier molecular flexibility index (Phi) is 3.86. The van der Waals surface area contributed by atoms with Crippen molar-refractivity contribution in [3.8, 4) is 11.8 Å². The van der Waals surface area contributed by atoms with Gasteiger partial charge in [-0.15, -0.1) is 23.2 Å². The van der Waals surface area contributed by atoms with Gasteiger partial charge >= 0.3 is 0 Å². The third kappa shape index (κ3) is 2.69. The first-order valence-corrected chi connectivity index (χ1v) is 4.83. The van der Waals surface area contributed by atoms with E-state index in [9.17, 15) is 5.11 Å². The van der Waals surface area contributed by atoms with Crippen LogP contribution in [-0.4, -0.2) is 5.11 Å². The molecule has 64 valence electrons. The van der Waals surface area contributed by atoms with Gasteiger partial charge in [0.05, 0.1) is 6.10 Å². The van der Waals surface area contributed by atoms with Gasteiger partial charge in [0.2, 0.25) is 0 Å². The normalized spacial score (nSPS) is 11.8. The van der Waals surface area contributed by atoms with Crippen molar-refractivity contribution in [2.45, 2.75) is 25.9 Å². The van der Waals surface area contributed by atoms with E-state index in [4.69, 9.17) is 0 Å². The molecule has 1 N–H and O–H groups in total. The van der Waals surface area contributed by atoms with Gasteiger partial charge in [0.1, 0.15) is 0 Å². The molecule has 0 amide bonds. The molecule has 1 nitrogen and oxygen atoms in total. The molecule has 1 rings (SSSR count). The van der Waals surface area contributed by atoms with Crippen LogP contribution in [0.3, 0.4) is 0 Å². The number of rotatable bonds is 3. The van der Waals surface area contributed by atoms with Gasteiger partial charge in [-0.2, -0.15) is 0 Å². The summed E-state index contributed by atoms with van der Waals surface area (Å²) < 4.78 is 0. The lowest BCUT2D eigenvalue weighted by atomic mass is 10.2. The van der Waals surface area contributed by atoms with Gasteiger partial charge in [-0.3, -0.25) is 0 Å². The smallest absolute Gasteiger partial charge is 0.0891 e. The van der Waals surface area contributed by atoms with Crippen molar-refractivity contribution in [1.29, 1.82) is 0 Å². The second-order valence-electron chi connectivity index (χ2n) is 2.50. The number of aliphatic hydroxyl groups is 1. The average molecular weight is 180 g/mol. The molecule has 1 aromatic rings. The summed E-state index contributed by atoms with van der Waals surface area (Å²) in [5, 5.41) is 11.6. The molecule has 0 radical (unpaired) electrons. The Morgan fingerprint density at radius 3 is 3.08 bits per heavy atom. The molecule has 0 bridgehead atoms. The van der Waals surface area contributed by atoms with E-state index >= 15 is 0 Å². The molecule has 0 aliphatic heterocycles. The summed E-state index contributed by atoms with van der Waals surface area (Å²) in [6.45, 7) is 1.82. The Balaban J connectivity index is 2.37. The second-order valence-corrected chi connectivity index (χ2v) is 3.48. The highest BCUT2D eigenvalue weighted by Gasteiger charge is 2.06. The lowest BCUT2D eigenvalue weighted by Crippen LogP contribution is -1.92. The van der Waals surface area contributed by atoms with Gasteiger partial charge in [-0.1, -0.05) is 6.07 Å². The summed E-state index contributed by atoms with van der Waals surface area (Å²) in [5.41, 5.74) is 0. The standard InChI is InChI=1S/C10H12OS/c1-2-3-4-6-9(11)10-7-5-8-12-10/h5,7-9,11H,4,6H2,1H3. The molecule has 0 spiro atoms. The first kappa shape index (κ1) is 9.31. The third-order valence-electron chi connectivity index (χ3n) is 1.59. The molecule has 0 aromatic carbocycles. The fourth-order valence-electron chi connectivity index (χ4n) is 0.957. The van der Waals surface area contributed by atoms with E-state index in [1.54, 1.807) is 11.3 Å². The zero-order chi connectivity index (χ0) is 8.81. The van der Waals surface area contributed by atoms with Gasteiger partial charge in [-0.25, -0.2) is 0 Å². The molecule has 0 fully saturated rings. The summed E-state index contributed by atoms with van der Waals surface area (Å²) in [6.07, 6.45) is 1.18. The average Bonchev–Trinajstić information content (AvgIpc) is 2.56. The lowest BCUT2D eigenvalue weighted by molar-refractivity contribution is 0.173. The fourth-order valence-corrected chi connectivity index (χ4v) is 1.70. The lowest BCUT2D eigenvalue weighted by Gasteiger charge is -2.04. The first-order chi connectivity index (χ1) is 5.84. The Bertz CT molecular complexity index is 266. The second kappa shape index (κ2) is 4.97. The van der Waals surface area contributed by atoms with Crippen molar-refractivity contribution >= 4 is 11.3 Å². The van der Waals surface area contributed by atoms with Gasteiger partial charge < -0.3 is 5.11 Å². The monoisotopic (exact) mass is 180 g/mol. The molecule has 0 saturated heterocycles. The minimum atomic E-state index is -0.328. The van der Waals surface area contributed by atoms with Crippen LogP contribution in [0.15, 0.2) is 17.5 Å². The van der Waals surface area contributed by atoms with E-state index < -0.39 is 0 Å². The quantitative estimate of drug-likeness (QED) is 0.709. The molecule has 1 atom stereocenters. The highest BCUT2D eigenvalue weighted by molar-refractivity contribution is 7.10. The third-order valence-corrected chi connectivity index (χ3v) is 2.56. The fraction of sp³-hybridized carbons (Fsp3) is 0.400. The van der Waals surface area contributed by atoms with Crippen LogP contribution < -0.4 is 0 Å². The maximum atomic E-state index is 9.58. The van der Waals surface area contributed by atoms with Gasteiger partial charge in [0.25, 0.3) is 0 Å². The molecule has 1 heterocycles. The molecule has 0 aliphatic carbocycles. The molecular formula is C10H12OS. The Hall–Kier alpha value is -0.780. The molecule has 1 unspecified atom stereocenters. The van der Waals surface area contributed by atoms with Crippen LogP contribution in [-0.2, 0) is 0 Å². The van der Waals surface area contributed by atoms with Crippen molar-refractivity contribution < 1.29 is 5.11 Å². The number of aliphatic hydroxyl groups excluding tert-OH is 1. The van der Waals surface area contributed by atoms with E-state index in [1.807, 2.05) is 24.4 Å². The number of thiophene rings is 1. The van der Waals surface area contributed by atoms with Gasteiger partial charge in [0, 0.05) is 11.3 Å². The summed E-state index contributed by atoms with van der Waals surface area (Å²) in [5.74, 6) is 5.75. The highest BCUT2D eigenvalue weighted by atomic mass is 32.1. The van der Waals surface area contributed by atoms with Crippen LogP contribution in [0.1, 0.15) is 30.7 Å². The van der Waals surface area contributed by atoms with Crippen LogP contribution in [0.2, 0.25) is 0 Å². The molecule has 12 heavy (non-hydrogen) atoms. The van der Waals surface area contributed by atoms with Crippen molar-refractivity contribution in [3.05, 3.63) is 22.4 Å². The summed E-state index contributed by atoms with van der Waals surface area (Å²) >= 11 is 1.59. The van der Waals surface area contributed by atoms with Crippen LogP contribution in [0, 0.1) is 11.8 Å². The Labute approximate surface area is 77.1 Å². The largest absolute Gasteiger partial charge is 0.388 e. The zero-order valence-corrected chi connectivity index (χ0v) is 7.90.